The summed E-state index contributed by atoms with van der Waals surface area (Å²) in [7, 11) is 1.36. The molecular formula is C21H30N4O4. The molecule has 8 nitrogen and oxygen atoms in total. The van der Waals surface area contributed by atoms with E-state index in [1.165, 1.54) is 38.6 Å². The minimum atomic E-state index is -0.788. The van der Waals surface area contributed by atoms with Crippen LogP contribution in [0.4, 0.5) is 5.69 Å². The molecule has 2 fully saturated rings. The molecule has 2 atom stereocenters. The predicted octanol–water partition coefficient (Wildman–Crippen LogP) is 2.33. The van der Waals surface area contributed by atoms with Crippen molar-refractivity contribution in [2.75, 3.05) is 19.0 Å². The number of nitrogens with zero attached hydrogens (tertiary/aromatic N) is 2. The first kappa shape index (κ1) is 21.1. The number of rotatable bonds is 4. The smallest absolute Gasteiger partial charge is 0.313 e. The topological polar surface area (TPSA) is 115 Å². The van der Waals surface area contributed by atoms with Crippen LogP contribution in [0.15, 0.2) is 12.3 Å². The van der Waals surface area contributed by atoms with Crippen LogP contribution in [-0.2, 0) is 9.59 Å². The molecule has 1 aromatic rings. The van der Waals surface area contributed by atoms with Crippen LogP contribution >= 0.6 is 0 Å². The minimum absolute atomic E-state index is 0.00873. The Labute approximate surface area is 171 Å². The number of anilines is 1. The van der Waals surface area contributed by atoms with Gasteiger partial charge in [0, 0.05) is 18.8 Å². The van der Waals surface area contributed by atoms with E-state index < -0.39 is 17.7 Å². The first-order valence-corrected chi connectivity index (χ1v) is 10.4. The lowest BCUT2D eigenvalue weighted by atomic mass is 9.78. The Balaban J connectivity index is 1.79. The molecule has 29 heavy (non-hydrogen) atoms. The molecule has 8 heteroatoms. The van der Waals surface area contributed by atoms with E-state index in [4.69, 9.17) is 10.5 Å². The largest absolute Gasteiger partial charge is 0.480 e. The lowest BCUT2D eigenvalue weighted by Crippen LogP contribution is -2.53. The molecule has 0 spiro atoms. The zero-order valence-corrected chi connectivity index (χ0v) is 17.1. The van der Waals surface area contributed by atoms with Crippen LogP contribution in [0.3, 0.4) is 0 Å². The summed E-state index contributed by atoms with van der Waals surface area (Å²) in [6, 6.07) is 1.54. The number of carbonyl (C=O) groups excluding carboxylic acids is 3. The highest BCUT2D eigenvalue weighted by Crippen LogP contribution is 2.35. The number of piperidine rings is 1. The van der Waals surface area contributed by atoms with Crippen LogP contribution in [-0.4, -0.2) is 47.3 Å². The Kier molecular flexibility index (Phi) is 6.71. The number of nitrogens with two attached hydrogens (primary N) is 1. The van der Waals surface area contributed by atoms with Crippen molar-refractivity contribution in [3.63, 3.8) is 0 Å². The summed E-state index contributed by atoms with van der Waals surface area (Å²) in [5.41, 5.74) is 5.50. The normalized spacial score (nSPS) is 22.8. The van der Waals surface area contributed by atoms with Gasteiger partial charge in [-0.3, -0.25) is 14.4 Å². The van der Waals surface area contributed by atoms with E-state index in [2.05, 4.69) is 17.2 Å². The number of ether oxygens (including phenoxy) is 1. The lowest BCUT2D eigenvalue weighted by molar-refractivity contribution is -0.147. The number of primary amides is 1. The monoisotopic (exact) mass is 402 g/mol. The SMILES string of the molecule is COc1nccc(NC(=O)C(=O)N2C[C@H](C)CC[C@H]2C2CCCCC2)c1C(N)=O. The molecular weight excluding hydrogens is 372 g/mol. The van der Waals surface area contributed by atoms with Gasteiger partial charge in [-0.25, -0.2) is 4.98 Å². The van der Waals surface area contributed by atoms with Gasteiger partial charge in [0.05, 0.1) is 12.8 Å². The Hall–Kier alpha value is -2.64. The van der Waals surface area contributed by atoms with Crippen molar-refractivity contribution in [1.29, 1.82) is 0 Å². The van der Waals surface area contributed by atoms with Gasteiger partial charge in [-0.15, -0.1) is 0 Å². The molecule has 0 unspecified atom stereocenters. The molecule has 0 bridgehead atoms. The van der Waals surface area contributed by atoms with E-state index in [9.17, 15) is 14.4 Å². The molecule has 0 aromatic carbocycles. The summed E-state index contributed by atoms with van der Waals surface area (Å²) in [5, 5.41) is 2.55. The average molecular weight is 402 g/mol. The van der Waals surface area contributed by atoms with E-state index in [-0.39, 0.29) is 23.2 Å². The number of nitrogens with one attached hydrogen (secondary N) is 1. The highest BCUT2D eigenvalue weighted by molar-refractivity contribution is 6.40. The molecule has 3 N–H and O–H groups in total. The van der Waals surface area contributed by atoms with Crippen LogP contribution in [0.25, 0.3) is 0 Å². The standard InChI is InChI=1S/C21H30N4O4/c1-13-8-9-16(14-6-4-3-5-7-14)25(12-13)21(28)19(27)24-15-10-11-23-20(29-2)17(15)18(22)26/h10-11,13-14,16H,3-9,12H2,1-2H3,(H2,22,26)(H,23,24,27)/t13-,16+/m1/s1. The third-order valence-corrected chi connectivity index (χ3v) is 6.12. The Bertz CT molecular complexity index is 776. The molecule has 1 aliphatic carbocycles. The number of carbonyl (C=O) groups is 3. The molecule has 2 heterocycles. The molecule has 3 amide bonds. The fourth-order valence-corrected chi connectivity index (χ4v) is 4.66. The fourth-order valence-electron chi connectivity index (χ4n) is 4.66. The first-order chi connectivity index (χ1) is 13.9. The second kappa shape index (κ2) is 9.24. The second-order valence-corrected chi connectivity index (χ2v) is 8.17. The number of hydrogen-bond acceptors (Lipinski definition) is 5. The quantitative estimate of drug-likeness (QED) is 0.750. The molecule has 158 valence electrons. The van der Waals surface area contributed by atoms with E-state index >= 15 is 0 Å². The number of likely N-dealkylation sites (tertiary alicyclic amines) is 1. The first-order valence-electron chi connectivity index (χ1n) is 10.4. The van der Waals surface area contributed by atoms with Crippen molar-refractivity contribution in [2.45, 2.75) is 57.9 Å². The van der Waals surface area contributed by atoms with Crippen LogP contribution in [0.1, 0.15) is 62.2 Å². The van der Waals surface area contributed by atoms with E-state index in [0.717, 1.165) is 25.7 Å². The van der Waals surface area contributed by atoms with E-state index in [1.54, 1.807) is 4.90 Å². The Morgan fingerprint density at radius 3 is 2.55 bits per heavy atom. The summed E-state index contributed by atoms with van der Waals surface area (Å²) in [4.78, 5) is 43.4. The van der Waals surface area contributed by atoms with Crippen molar-refractivity contribution >= 4 is 23.4 Å². The summed E-state index contributed by atoms with van der Waals surface area (Å²) < 4.78 is 5.06. The van der Waals surface area contributed by atoms with Gasteiger partial charge in [0.2, 0.25) is 5.88 Å². The van der Waals surface area contributed by atoms with Gasteiger partial charge in [-0.2, -0.15) is 0 Å². The summed E-state index contributed by atoms with van der Waals surface area (Å²) in [6.45, 7) is 2.68. The van der Waals surface area contributed by atoms with Gasteiger partial charge in [0.1, 0.15) is 5.56 Å². The van der Waals surface area contributed by atoms with Gasteiger partial charge < -0.3 is 20.7 Å². The zero-order valence-electron chi connectivity index (χ0n) is 17.1. The highest BCUT2D eigenvalue weighted by Gasteiger charge is 2.38. The van der Waals surface area contributed by atoms with Crippen LogP contribution in [0.5, 0.6) is 5.88 Å². The van der Waals surface area contributed by atoms with Gasteiger partial charge in [-0.05, 0) is 43.6 Å². The van der Waals surface area contributed by atoms with Crippen LogP contribution < -0.4 is 15.8 Å². The third kappa shape index (κ3) is 4.68. The van der Waals surface area contributed by atoms with E-state index in [1.807, 2.05) is 0 Å². The van der Waals surface area contributed by atoms with Crippen molar-refractivity contribution in [2.24, 2.45) is 17.6 Å². The number of amides is 3. The van der Waals surface area contributed by atoms with Crippen molar-refractivity contribution in [3.8, 4) is 5.88 Å². The molecule has 0 radical (unpaired) electrons. The molecule has 3 rings (SSSR count). The Morgan fingerprint density at radius 2 is 1.90 bits per heavy atom. The number of hydrogen-bond donors (Lipinski definition) is 2. The van der Waals surface area contributed by atoms with Crippen molar-refractivity contribution in [1.82, 2.24) is 9.88 Å². The maximum atomic E-state index is 13.1. The lowest BCUT2D eigenvalue weighted by Gasteiger charge is -2.43. The van der Waals surface area contributed by atoms with E-state index in [0.29, 0.717) is 18.4 Å². The molecule has 1 aromatic heterocycles. The highest BCUT2D eigenvalue weighted by atomic mass is 16.5. The predicted molar refractivity (Wildman–Crippen MR) is 108 cm³/mol. The van der Waals surface area contributed by atoms with Gasteiger partial charge in [0.15, 0.2) is 0 Å². The third-order valence-electron chi connectivity index (χ3n) is 6.12. The maximum Gasteiger partial charge on any atom is 0.313 e. The Morgan fingerprint density at radius 1 is 1.17 bits per heavy atom. The fraction of sp³-hybridized carbons (Fsp3) is 0.619. The molecule has 2 aliphatic rings. The van der Waals surface area contributed by atoms with Gasteiger partial charge >= 0.3 is 11.8 Å². The average Bonchev–Trinajstić information content (AvgIpc) is 2.73. The molecule has 1 aliphatic heterocycles. The number of pyridine rings is 1. The van der Waals surface area contributed by atoms with Crippen LogP contribution in [0.2, 0.25) is 0 Å². The molecule has 1 saturated carbocycles. The summed E-state index contributed by atoms with van der Waals surface area (Å²) in [5.74, 6) is -1.29. The van der Waals surface area contributed by atoms with Gasteiger partial charge in [-0.1, -0.05) is 26.2 Å². The van der Waals surface area contributed by atoms with Crippen molar-refractivity contribution in [3.05, 3.63) is 17.8 Å². The van der Waals surface area contributed by atoms with Gasteiger partial charge in [0.25, 0.3) is 5.91 Å². The maximum absolute atomic E-state index is 13.1. The van der Waals surface area contributed by atoms with Crippen molar-refractivity contribution < 1.29 is 19.1 Å². The zero-order chi connectivity index (χ0) is 21.0. The molecule has 1 saturated heterocycles. The van der Waals surface area contributed by atoms with Crippen LogP contribution in [0, 0.1) is 11.8 Å². The number of methoxy groups -OCH3 is 1. The number of aromatic nitrogens is 1. The summed E-state index contributed by atoms with van der Waals surface area (Å²) >= 11 is 0. The summed E-state index contributed by atoms with van der Waals surface area (Å²) in [6.07, 6.45) is 9.22. The second-order valence-electron chi connectivity index (χ2n) is 8.17. The minimum Gasteiger partial charge on any atom is -0.480 e.